The normalized spacial score (nSPS) is 12.1. The molecule has 0 unspecified atom stereocenters. The molecule has 2 heteroatoms. The summed E-state index contributed by atoms with van der Waals surface area (Å²) in [5.74, 6) is -0.798. The molecule has 0 radical (unpaired) electrons. The van der Waals surface area contributed by atoms with Crippen molar-refractivity contribution in [1.82, 2.24) is 0 Å². The van der Waals surface area contributed by atoms with Crippen molar-refractivity contribution in [3.8, 4) is 11.1 Å². The quantitative estimate of drug-likeness (QED) is 0.767. The molecule has 0 fully saturated rings. The molecular formula is C17H16O2. The van der Waals surface area contributed by atoms with Crippen LogP contribution in [0.1, 0.15) is 40.4 Å². The van der Waals surface area contributed by atoms with Gasteiger partial charge in [0.25, 0.3) is 0 Å². The number of carbonyl (C=O) groups is 1. The number of hydrogen-bond donors (Lipinski definition) is 1. The summed E-state index contributed by atoms with van der Waals surface area (Å²) in [7, 11) is 0. The Kier molecular flexibility index (Phi) is 2.86. The second kappa shape index (κ2) is 4.54. The van der Waals surface area contributed by atoms with Gasteiger partial charge < -0.3 is 5.11 Å². The van der Waals surface area contributed by atoms with Gasteiger partial charge in [0.2, 0.25) is 0 Å². The molecular weight excluding hydrogens is 236 g/mol. The Bertz CT molecular complexity index is 656. The molecule has 19 heavy (non-hydrogen) atoms. The van der Waals surface area contributed by atoms with Crippen LogP contribution in [-0.2, 0) is 12.8 Å². The molecule has 0 amide bonds. The smallest absolute Gasteiger partial charge is 0.336 e. The number of hydrogen-bond acceptors (Lipinski definition) is 1. The molecule has 0 saturated carbocycles. The van der Waals surface area contributed by atoms with Crippen LogP contribution >= 0.6 is 0 Å². The minimum atomic E-state index is -0.798. The first-order valence-corrected chi connectivity index (χ1v) is 6.68. The molecule has 0 bridgehead atoms. The fourth-order valence-corrected chi connectivity index (χ4v) is 3.00. The van der Waals surface area contributed by atoms with Gasteiger partial charge in [0.1, 0.15) is 0 Å². The molecule has 0 atom stereocenters. The highest BCUT2D eigenvalue weighted by Gasteiger charge is 2.25. The molecule has 2 aromatic carbocycles. The van der Waals surface area contributed by atoms with Crippen LogP contribution in [0.4, 0.5) is 0 Å². The molecule has 0 aliphatic heterocycles. The first kappa shape index (κ1) is 12.0. The van der Waals surface area contributed by atoms with E-state index in [1.54, 1.807) is 0 Å². The lowest BCUT2D eigenvalue weighted by atomic mass is 9.94. The van der Waals surface area contributed by atoms with Crippen LogP contribution in [0.5, 0.6) is 0 Å². The van der Waals surface area contributed by atoms with E-state index in [0.717, 1.165) is 36.0 Å². The van der Waals surface area contributed by atoms with Gasteiger partial charge in [-0.15, -0.1) is 0 Å². The van der Waals surface area contributed by atoms with Gasteiger partial charge in [-0.25, -0.2) is 4.79 Å². The molecule has 2 nitrogen and oxygen atoms in total. The van der Waals surface area contributed by atoms with Gasteiger partial charge in [-0.2, -0.15) is 0 Å². The van der Waals surface area contributed by atoms with E-state index in [9.17, 15) is 9.90 Å². The van der Waals surface area contributed by atoms with Crippen LogP contribution < -0.4 is 0 Å². The first-order valence-electron chi connectivity index (χ1n) is 6.68. The van der Waals surface area contributed by atoms with Crippen LogP contribution in [0.2, 0.25) is 0 Å². The fourth-order valence-electron chi connectivity index (χ4n) is 3.00. The van der Waals surface area contributed by atoms with Crippen LogP contribution in [0, 0.1) is 0 Å². The number of rotatable bonds is 3. The van der Waals surface area contributed by atoms with Crippen molar-refractivity contribution in [2.24, 2.45) is 0 Å². The third-order valence-corrected chi connectivity index (χ3v) is 3.81. The Hall–Kier alpha value is -2.09. The maximum Gasteiger partial charge on any atom is 0.336 e. The summed E-state index contributed by atoms with van der Waals surface area (Å²) in [4.78, 5) is 11.6. The average Bonchev–Trinajstić information content (AvgIpc) is 2.76. The van der Waals surface area contributed by atoms with E-state index in [4.69, 9.17) is 0 Å². The molecule has 0 heterocycles. The van der Waals surface area contributed by atoms with Crippen LogP contribution in [-0.4, -0.2) is 11.1 Å². The van der Waals surface area contributed by atoms with Gasteiger partial charge in [0.15, 0.2) is 0 Å². The van der Waals surface area contributed by atoms with Crippen LogP contribution in [0.15, 0.2) is 36.4 Å². The lowest BCUT2D eigenvalue weighted by Crippen LogP contribution is -2.07. The minimum Gasteiger partial charge on any atom is -0.478 e. The van der Waals surface area contributed by atoms with Gasteiger partial charge in [-0.05, 0) is 40.7 Å². The topological polar surface area (TPSA) is 37.3 Å². The molecule has 0 aromatic heterocycles. The highest BCUT2D eigenvalue weighted by molar-refractivity contribution is 5.96. The van der Waals surface area contributed by atoms with Gasteiger partial charge in [0.05, 0.1) is 5.56 Å². The predicted molar refractivity (Wildman–Crippen MR) is 75.6 cm³/mol. The van der Waals surface area contributed by atoms with Crippen molar-refractivity contribution in [2.45, 2.75) is 26.2 Å². The number of benzene rings is 2. The van der Waals surface area contributed by atoms with E-state index in [1.807, 2.05) is 18.2 Å². The Morgan fingerprint density at radius 2 is 1.95 bits per heavy atom. The number of aryl methyl sites for hydroxylation is 1. The van der Waals surface area contributed by atoms with Crippen molar-refractivity contribution in [1.29, 1.82) is 0 Å². The summed E-state index contributed by atoms with van der Waals surface area (Å²) in [5.41, 5.74) is 5.97. The zero-order valence-corrected chi connectivity index (χ0v) is 10.9. The van der Waals surface area contributed by atoms with Gasteiger partial charge in [-0.3, -0.25) is 0 Å². The third-order valence-electron chi connectivity index (χ3n) is 3.81. The van der Waals surface area contributed by atoms with Crippen molar-refractivity contribution in [3.05, 3.63) is 58.7 Å². The molecule has 0 saturated heterocycles. The van der Waals surface area contributed by atoms with E-state index in [1.165, 1.54) is 11.1 Å². The van der Waals surface area contributed by atoms with Crippen LogP contribution in [0.3, 0.4) is 0 Å². The summed E-state index contributed by atoms with van der Waals surface area (Å²) in [6.07, 6.45) is 2.53. The molecule has 1 N–H and O–H groups in total. The summed E-state index contributed by atoms with van der Waals surface area (Å²) < 4.78 is 0. The highest BCUT2D eigenvalue weighted by Crippen LogP contribution is 2.39. The van der Waals surface area contributed by atoms with Crippen molar-refractivity contribution < 1.29 is 9.90 Å². The molecule has 2 aromatic rings. The summed E-state index contributed by atoms with van der Waals surface area (Å²) >= 11 is 0. The van der Waals surface area contributed by atoms with E-state index in [0.29, 0.717) is 5.56 Å². The first-order chi connectivity index (χ1) is 9.22. The minimum absolute atomic E-state index is 0.524. The van der Waals surface area contributed by atoms with E-state index in [-0.39, 0.29) is 0 Å². The van der Waals surface area contributed by atoms with E-state index in [2.05, 4.69) is 25.1 Å². The zero-order chi connectivity index (χ0) is 13.4. The van der Waals surface area contributed by atoms with E-state index < -0.39 is 5.97 Å². The molecule has 3 rings (SSSR count). The van der Waals surface area contributed by atoms with Crippen molar-refractivity contribution in [2.75, 3.05) is 0 Å². The average molecular weight is 252 g/mol. The number of carboxylic acid groups (broad SMARTS) is 1. The lowest BCUT2D eigenvalue weighted by molar-refractivity contribution is 0.0695. The number of aromatic carboxylic acids is 1. The van der Waals surface area contributed by atoms with Crippen LogP contribution in [0.25, 0.3) is 11.1 Å². The Balaban J connectivity index is 2.22. The predicted octanol–water partition coefficient (Wildman–Crippen LogP) is 3.91. The standard InChI is InChI=1S/C17H16O2/c1-2-5-11-8-9-14-13-7-4-3-6-12(13)10-15(14)16(11)17(18)19/h3-4,6-9H,2,5,10H2,1H3,(H,18,19). The molecule has 96 valence electrons. The highest BCUT2D eigenvalue weighted by atomic mass is 16.4. The fraction of sp³-hybridized carbons (Fsp3) is 0.235. The summed E-state index contributed by atoms with van der Waals surface area (Å²) in [6, 6.07) is 12.2. The van der Waals surface area contributed by atoms with Crippen molar-refractivity contribution >= 4 is 5.97 Å². The Labute approximate surface area is 112 Å². The molecule has 1 aliphatic rings. The summed E-state index contributed by atoms with van der Waals surface area (Å²) in [6.45, 7) is 2.08. The van der Waals surface area contributed by atoms with Crippen molar-refractivity contribution in [3.63, 3.8) is 0 Å². The second-order valence-electron chi connectivity index (χ2n) is 5.01. The Morgan fingerprint density at radius 3 is 2.68 bits per heavy atom. The lowest BCUT2D eigenvalue weighted by Gasteiger charge is -2.10. The van der Waals surface area contributed by atoms with Gasteiger partial charge in [-0.1, -0.05) is 49.7 Å². The number of fused-ring (bicyclic) bond motifs is 3. The monoisotopic (exact) mass is 252 g/mol. The SMILES string of the molecule is CCCc1ccc2c(c1C(=O)O)Cc1ccccc1-2. The zero-order valence-electron chi connectivity index (χ0n) is 10.9. The second-order valence-corrected chi connectivity index (χ2v) is 5.01. The molecule has 0 spiro atoms. The Morgan fingerprint density at radius 1 is 1.16 bits per heavy atom. The number of carboxylic acids is 1. The van der Waals surface area contributed by atoms with E-state index >= 15 is 0 Å². The van der Waals surface area contributed by atoms with Gasteiger partial charge in [0, 0.05) is 0 Å². The summed E-state index contributed by atoms with van der Waals surface area (Å²) in [5, 5.41) is 9.54. The van der Waals surface area contributed by atoms with Gasteiger partial charge >= 0.3 is 5.97 Å². The molecule has 1 aliphatic carbocycles. The third kappa shape index (κ3) is 1.84. The largest absolute Gasteiger partial charge is 0.478 e. The maximum atomic E-state index is 11.6. The maximum absolute atomic E-state index is 11.6.